The van der Waals surface area contributed by atoms with Crippen LogP contribution in [0.2, 0.25) is 0 Å². The van der Waals surface area contributed by atoms with Gasteiger partial charge in [0, 0.05) is 0 Å². The molecule has 0 rings (SSSR count). The van der Waals surface area contributed by atoms with Crippen molar-refractivity contribution in [1.82, 2.24) is 0 Å². The molecular weight excluding hydrogens is 414 g/mol. The third-order valence-corrected chi connectivity index (χ3v) is 4.78. The van der Waals surface area contributed by atoms with Crippen LogP contribution in [0, 0.1) is 0 Å². The highest BCUT2D eigenvalue weighted by molar-refractivity contribution is 7.98. The van der Waals surface area contributed by atoms with E-state index in [0.29, 0.717) is 19.3 Å². The maximum Gasteiger partial charge on any atom is 0.320 e. The van der Waals surface area contributed by atoms with Gasteiger partial charge in [0.2, 0.25) is 0 Å². The van der Waals surface area contributed by atoms with Crippen molar-refractivity contribution in [2.75, 3.05) is 36.0 Å². The van der Waals surface area contributed by atoms with Crippen LogP contribution in [0.5, 0.6) is 0 Å². The van der Waals surface area contributed by atoms with Crippen LogP contribution in [-0.2, 0) is 14.4 Å². The van der Waals surface area contributed by atoms with Crippen molar-refractivity contribution in [1.29, 1.82) is 0 Å². The quantitative estimate of drug-likeness (QED) is 0.242. The number of thioether (sulfide) groups is 3. The molecule has 162 valence electrons. The zero-order valence-electron chi connectivity index (χ0n) is 16.0. The molecular formula is C15H33N3O6S3. The summed E-state index contributed by atoms with van der Waals surface area (Å²) in [5, 5.41) is 24.8. The molecule has 0 radical (unpaired) electrons. The number of aliphatic carboxylic acids is 3. The molecule has 0 saturated heterocycles. The van der Waals surface area contributed by atoms with Crippen LogP contribution in [0.3, 0.4) is 0 Å². The van der Waals surface area contributed by atoms with Crippen molar-refractivity contribution in [2.45, 2.75) is 37.4 Å². The van der Waals surface area contributed by atoms with Crippen molar-refractivity contribution >= 4 is 53.2 Å². The molecule has 0 spiro atoms. The van der Waals surface area contributed by atoms with Gasteiger partial charge in [0.05, 0.1) is 0 Å². The molecule has 0 unspecified atom stereocenters. The summed E-state index contributed by atoms with van der Waals surface area (Å²) in [6, 6.07) is -2.05. The standard InChI is InChI=1S/3C5H11NO2S/c3*1-9-3-2-4(6)5(7)8/h3*4H,2-3,6H2,1H3,(H,7,8)/t3*4-/m000/s1. The van der Waals surface area contributed by atoms with Gasteiger partial charge in [-0.15, -0.1) is 0 Å². The van der Waals surface area contributed by atoms with Gasteiger partial charge in [-0.05, 0) is 55.3 Å². The summed E-state index contributed by atoms with van der Waals surface area (Å²) in [6.45, 7) is 0. The van der Waals surface area contributed by atoms with Crippen molar-refractivity contribution in [3.05, 3.63) is 0 Å². The van der Waals surface area contributed by atoms with Crippen LogP contribution >= 0.6 is 35.3 Å². The first-order valence-corrected chi connectivity index (χ1v) is 12.1. The summed E-state index contributed by atoms with van der Waals surface area (Å²) in [6.07, 6.45) is 7.43. The molecule has 3 atom stereocenters. The summed E-state index contributed by atoms with van der Waals surface area (Å²) < 4.78 is 0. The lowest BCUT2D eigenvalue weighted by atomic mass is 10.2. The molecule has 0 bridgehead atoms. The van der Waals surface area contributed by atoms with E-state index in [1.807, 2.05) is 18.8 Å². The van der Waals surface area contributed by atoms with Gasteiger partial charge in [0.25, 0.3) is 0 Å². The fourth-order valence-electron chi connectivity index (χ4n) is 1.10. The molecule has 0 aliphatic heterocycles. The Morgan fingerprint density at radius 2 is 0.815 bits per heavy atom. The molecule has 0 aliphatic carbocycles. The van der Waals surface area contributed by atoms with Crippen LogP contribution in [0.4, 0.5) is 0 Å². The van der Waals surface area contributed by atoms with Gasteiger partial charge >= 0.3 is 17.9 Å². The lowest BCUT2D eigenvalue weighted by Gasteiger charge is -2.02. The van der Waals surface area contributed by atoms with Crippen LogP contribution in [0.25, 0.3) is 0 Å². The molecule has 27 heavy (non-hydrogen) atoms. The molecule has 0 heterocycles. The van der Waals surface area contributed by atoms with E-state index in [9.17, 15) is 14.4 Å². The minimum Gasteiger partial charge on any atom is -0.480 e. The van der Waals surface area contributed by atoms with Crippen molar-refractivity contribution in [3.63, 3.8) is 0 Å². The fourth-order valence-corrected chi connectivity index (χ4v) is 2.57. The van der Waals surface area contributed by atoms with Crippen LogP contribution in [0.15, 0.2) is 0 Å². The average molecular weight is 448 g/mol. The predicted molar refractivity (Wildman–Crippen MR) is 116 cm³/mol. The van der Waals surface area contributed by atoms with E-state index in [1.54, 1.807) is 35.3 Å². The molecule has 0 saturated carbocycles. The second kappa shape index (κ2) is 21.6. The maximum atomic E-state index is 10.1. The van der Waals surface area contributed by atoms with Gasteiger partial charge in [-0.1, -0.05) is 0 Å². The Kier molecular flexibility index (Phi) is 24.9. The predicted octanol–water partition coefficient (Wildman–Crippen LogP) is 0.454. The Hall–Kier alpha value is -0.660. The highest BCUT2D eigenvalue weighted by atomic mass is 32.2. The molecule has 0 amide bonds. The van der Waals surface area contributed by atoms with Crippen molar-refractivity contribution < 1.29 is 29.7 Å². The van der Waals surface area contributed by atoms with Crippen LogP contribution < -0.4 is 17.2 Å². The van der Waals surface area contributed by atoms with E-state index in [-0.39, 0.29) is 0 Å². The summed E-state index contributed by atoms with van der Waals surface area (Å²) in [4.78, 5) is 30.2. The molecule has 9 N–H and O–H groups in total. The molecule has 0 aliphatic rings. The molecule has 9 nitrogen and oxygen atoms in total. The second-order valence-corrected chi connectivity index (χ2v) is 8.14. The first-order valence-electron chi connectivity index (χ1n) is 7.96. The Balaban J connectivity index is -0.000000320. The van der Waals surface area contributed by atoms with Gasteiger partial charge < -0.3 is 32.5 Å². The number of hydrogen-bond donors (Lipinski definition) is 6. The highest BCUT2D eigenvalue weighted by Crippen LogP contribution is 1.99. The molecule has 0 fully saturated rings. The Morgan fingerprint density at radius 3 is 0.926 bits per heavy atom. The normalized spacial score (nSPS) is 13.1. The Morgan fingerprint density at radius 1 is 0.630 bits per heavy atom. The number of rotatable bonds is 12. The van der Waals surface area contributed by atoms with Crippen LogP contribution in [-0.4, -0.2) is 87.4 Å². The van der Waals surface area contributed by atoms with Gasteiger partial charge in [-0.25, -0.2) is 0 Å². The smallest absolute Gasteiger partial charge is 0.320 e. The van der Waals surface area contributed by atoms with E-state index >= 15 is 0 Å². The van der Waals surface area contributed by atoms with Gasteiger partial charge in [-0.2, -0.15) is 35.3 Å². The topological polar surface area (TPSA) is 190 Å². The van der Waals surface area contributed by atoms with E-state index < -0.39 is 36.0 Å². The highest BCUT2D eigenvalue weighted by Gasteiger charge is 2.10. The number of carbonyl (C=O) groups is 3. The van der Waals surface area contributed by atoms with Crippen LogP contribution in [0.1, 0.15) is 19.3 Å². The maximum absolute atomic E-state index is 10.1. The number of nitrogens with two attached hydrogens (primary N) is 3. The first-order chi connectivity index (χ1) is 12.5. The first kappa shape index (κ1) is 31.0. The second-order valence-electron chi connectivity index (χ2n) is 5.18. The summed E-state index contributed by atoms with van der Waals surface area (Å²) in [7, 11) is 0. The third-order valence-electron chi connectivity index (χ3n) is 2.85. The minimum absolute atomic E-state index is 0.552. The third kappa shape index (κ3) is 25.3. The zero-order valence-corrected chi connectivity index (χ0v) is 18.4. The summed E-state index contributed by atoms with van der Waals surface area (Å²) >= 11 is 4.81. The molecule has 0 aromatic carbocycles. The zero-order chi connectivity index (χ0) is 21.8. The summed E-state index contributed by atoms with van der Waals surface area (Å²) in [5.41, 5.74) is 15.6. The molecule has 12 heteroatoms. The van der Waals surface area contributed by atoms with Crippen molar-refractivity contribution in [3.8, 4) is 0 Å². The van der Waals surface area contributed by atoms with Gasteiger partial charge in [0.15, 0.2) is 0 Å². The van der Waals surface area contributed by atoms with Gasteiger partial charge in [0.1, 0.15) is 18.1 Å². The average Bonchev–Trinajstić information content (AvgIpc) is 2.62. The van der Waals surface area contributed by atoms with Gasteiger partial charge in [-0.3, -0.25) is 14.4 Å². The SMILES string of the molecule is CSCC[C@H](N)C(=O)O.CSCC[C@H](N)C(=O)O.CSCC[C@H](N)C(=O)O. The lowest BCUT2D eigenvalue weighted by molar-refractivity contribution is -0.139. The van der Waals surface area contributed by atoms with Crippen molar-refractivity contribution in [2.24, 2.45) is 17.2 Å². The number of hydrogen-bond acceptors (Lipinski definition) is 9. The molecule has 0 aromatic heterocycles. The van der Waals surface area contributed by atoms with E-state index in [1.165, 1.54) is 0 Å². The Bertz CT molecular complexity index is 348. The fraction of sp³-hybridized carbons (Fsp3) is 0.800. The largest absolute Gasteiger partial charge is 0.480 e. The Labute approximate surface area is 173 Å². The minimum atomic E-state index is -0.913. The number of carboxylic acid groups (broad SMARTS) is 3. The van der Waals surface area contributed by atoms with E-state index in [2.05, 4.69) is 0 Å². The summed E-state index contributed by atoms with van der Waals surface area (Å²) in [5.74, 6) is -0.300. The van der Waals surface area contributed by atoms with E-state index in [0.717, 1.165) is 17.3 Å². The monoisotopic (exact) mass is 447 g/mol. The lowest BCUT2D eigenvalue weighted by Crippen LogP contribution is -2.30. The van der Waals surface area contributed by atoms with E-state index in [4.69, 9.17) is 32.5 Å². The molecule has 0 aromatic rings. The number of carboxylic acids is 3.